The predicted octanol–water partition coefficient (Wildman–Crippen LogP) is 0.761. The van der Waals surface area contributed by atoms with Gasteiger partial charge in [0.15, 0.2) is 5.75 Å². The molecule has 0 aliphatic heterocycles. The molecule has 0 spiro atoms. The topological polar surface area (TPSA) is 46.5 Å². The molecule has 0 unspecified atom stereocenters. The number of hydrogen-bond donors (Lipinski definition) is 1. The van der Waals surface area contributed by atoms with E-state index in [4.69, 9.17) is 5.11 Å². The molecule has 0 amide bonds. The van der Waals surface area contributed by atoms with Gasteiger partial charge in [0.1, 0.15) is 0 Å². The summed E-state index contributed by atoms with van der Waals surface area (Å²) in [4.78, 5) is 11.0. The quantitative estimate of drug-likeness (QED) is 0.646. The van der Waals surface area contributed by atoms with Crippen molar-refractivity contribution in [2.24, 2.45) is 0 Å². The first-order valence-electron chi connectivity index (χ1n) is 3.12. The summed E-state index contributed by atoms with van der Waals surface area (Å²) in [5.41, 5.74) is -0.324. The molecule has 0 aliphatic carbocycles. The number of ether oxygens (including phenoxy) is 1. The minimum absolute atomic E-state index is 0.0185. The lowest BCUT2D eigenvalue weighted by Crippen LogP contribution is -1.99. The number of methoxy groups -OCH3 is 1. The third-order valence-corrected chi connectivity index (χ3v) is 1.27. The summed E-state index contributed by atoms with van der Waals surface area (Å²) in [6, 6.07) is 5.85. The Bertz CT molecular complexity index is 306. The van der Waals surface area contributed by atoms with Crippen LogP contribution in [0.3, 0.4) is 0 Å². The number of aromatic hydroxyl groups is 1. The second-order valence-corrected chi connectivity index (χ2v) is 2.00. The Morgan fingerprint density at radius 2 is 2.00 bits per heavy atom. The van der Waals surface area contributed by atoms with Gasteiger partial charge in [-0.2, -0.15) is 0 Å². The van der Waals surface area contributed by atoms with Gasteiger partial charge in [-0.1, -0.05) is 12.1 Å². The van der Waals surface area contributed by atoms with Crippen molar-refractivity contribution in [2.75, 3.05) is 7.11 Å². The highest BCUT2D eigenvalue weighted by Crippen LogP contribution is 2.17. The Labute approximate surface area is 63.9 Å². The summed E-state index contributed by atoms with van der Waals surface area (Å²) in [5, 5.41) is 9.13. The smallest absolute Gasteiger partial charge is 0.224 e. The van der Waals surface area contributed by atoms with Crippen molar-refractivity contribution in [3.63, 3.8) is 0 Å². The maximum atomic E-state index is 11.0. The van der Waals surface area contributed by atoms with Crippen LogP contribution in [0.2, 0.25) is 0 Å². The molecule has 0 aromatic heterocycles. The SMILES string of the molecule is COc1c(O)ccccc1=O. The molecule has 0 heterocycles. The minimum Gasteiger partial charge on any atom is -0.504 e. The summed E-state index contributed by atoms with van der Waals surface area (Å²) < 4.78 is 4.67. The van der Waals surface area contributed by atoms with Crippen molar-refractivity contribution in [3.05, 3.63) is 34.5 Å². The van der Waals surface area contributed by atoms with E-state index >= 15 is 0 Å². The Hall–Kier alpha value is -1.51. The van der Waals surface area contributed by atoms with Crippen molar-refractivity contribution in [1.29, 1.82) is 0 Å². The highest BCUT2D eigenvalue weighted by molar-refractivity contribution is 5.36. The average molecular weight is 152 g/mol. The van der Waals surface area contributed by atoms with Gasteiger partial charge < -0.3 is 9.84 Å². The van der Waals surface area contributed by atoms with Crippen molar-refractivity contribution >= 4 is 0 Å². The number of hydrogen-bond acceptors (Lipinski definition) is 3. The molecule has 3 nitrogen and oxygen atoms in total. The van der Waals surface area contributed by atoms with E-state index in [2.05, 4.69) is 4.74 Å². The van der Waals surface area contributed by atoms with Crippen LogP contribution in [-0.4, -0.2) is 12.2 Å². The Morgan fingerprint density at radius 3 is 2.64 bits per heavy atom. The van der Waals surface area contributed by atoms with Crippen LogP contribution in [0.5, 0.6) is 11.5 Å². The predicted molar refractivity (Wildman–Crippen MR) is 40.9 cm³/mol. The lowest BCUT2D eigenvalue weighted by atomic mass is 10.4. The van der Waals surface area contributed by atoms with Crippen molar-refractivity contribution < 1.29 is 9.84 Å². The van der Waals surface area contributed by atoms with Gasteiger partial charge in [-0.05, 0) is 12.1 Å². The molecule has 0 fully saturated rings. The molecule has 58 valence electrons. The molecular formula is C8H8O3. The van der Waals surface area contributed by atoms with Crippen LogP contribution in [0.1, 0.15) is 0 Å². The van der Waals surface area contributed by atoms with E-state index in [1.807, 2.05) is 0 Å². The summed E-state index contributed by atoms with van der Waals surface area (Å²) in [5.74, 6) is -0.155. The van der Waals surface area contributed by atoms with Crippen molar-refractivity contribution in [1.82, 2.24) is 0 Å². The monoisotopic (exact) mass is 152 g/mol. The highest BCUT2D eigenvalue weighted by Gasteiger charge is 2.00. The Kier molecular flexibility index (Phi) is 2.11. The Morgan fingerprint density at radius 1 is 1.36 bits per heavy atom. The first-order valence-corrected chi connectivity index (χ1v) is 3.12. The fourth-order valence-electron chi connectivity index (χ4n) is 0.772. The molecule has 0 bridgehead atoms. The molecular weight excluding hydrogens is 144 g/mol. The molecule has 0 aliphatic rings. The van der Waals surface area contributed by atoms with Gasteiger partial charge in [0.2, 0.25) is 11.2 Å². The number of rotatable bonds is 1. The zero-order valence-electron chi connectivity index (χ0n) is 6.07. The molecule has 0 radical (unpaired) electrons. The van der Waals surface area contributed by atoms with Gasteiger partial charge in [-0.3, -0.25) is 4.79 Å². The third kappa shape index (κ3) is 1.49. The summed E-state index contributed by atoms with van der Waals surface area (Å²) in [6.45, 7) is 0. The maximum absolute atomic E-state index is 11.0. The van der Waals surface area contributed by atoms with Gasteiger partial charge in [-0.25, -0.2) is 0 Å². The van der Waals surface area contributed by atoms with Crippen molar-refractivity contribution in [2.45, 2.75) is 0 Å². The molecule has 0 saturated heterocycles. The molecule has 1 aromatic carbocycles. The van der Waals surface area contributed by atoms with Crippen LogP contribution < -0.4 is 10.2 Å². The zero-order valence-corrected chi connectivity index (χ0v) is 6.07. The molecule has 1 aromatic rings. The van der Waals surface area contributed by atoms with Gasteiger partial charge in [0.05, 0.1) is 7.11 Å². The van der Waals surface area contributed by atoms with E-state index in [9.17, 15) is 4.79 Å². The van der Waals surface area contributed by atoms with Crippen LogP contribution in [0.4, 0.5) is 0 Å². The van der Waals surface area contributed by atoms with Crippen LogP contribution in [0.25, 0.3) is 0 Å². The van der Waals surface area contributed by atoms with Crippen molar-refractivity contribution in [3.8, 4) is 11.5 Å². The average Bonchev–Trinajstić information content (AvgIpc) is 2.12. The highest BCUT2D eigenvalue weighted by atomic mass is 16.5. The lowest BCUT2D eigenvalue weighted by molar-refractivity contribution is 0.371. The standard InChI is InChI=1S/C8H8O3/c1-11-8-6(9)4-2-3-5-7(8)10/h2-5,9H,1H3. The van der Waals surface area contributed by atoms with Crippen LogP contribution in [0.15, 0.2) is 29.1 Å². The molecule has 0 atom stereocenters. The minimum atomic E-state index is -0.324. The van der Waals surface area contributed by atoms with Gasteiger partial charge in [0, 0.05) is 0 Å². The van der Waals surface area contributed by atoms with Crippen LogP contribution in [-0.2, 0) is 0 Å². The van der Waals surface area contributed by atoms with Crippen LogP contribution in [0, 0.1) is 0 Å². The summed E-state index contributed by atoms with van der Waals surface area (Å²) in [6.07, 6.45) is 0. The molecule has 0 saturated carbocycles. The molecule has 3 heteroatoms. The summed E-state index contributed by atoms with van der Waals surface area (Å²) >= 11 is 0. The largest absolute Gasteiger partial charge is 0.504 e. The molecule has 1 N–H and O–H groups in total. The zero-order chi connectivity index (χ0) is 8.27. The van der Waals surface area contributed by atoms with E-state index in [0.717, 1.165) is 0 Å². The first kappa shape index (κ1) is 7.60. The summed E-state index contributed by atoms with van der Waals surface area (Å²) in [7, 11) is 1.34. The van der Waals surface area contributed by atoms with Gasteiger partial charge >= 0.3 is 0 Å². The lowest BCUT2D eigenvalue weighted by Gasteiger charge is -1.94. The third-order valence-electron chi connectivity index (χ3n) is 1.27. The first-order chi connectivity index (χ1) is 5.25. The molecule has 1 rings (SSSR count). The van der Waals surface area contributed by atoms with E-state index < -0.39 is 0 Å². The fraction of sp³-hybridized carbons (Fsp3) is 0.125. The van der Waals surface area contributed by atoms with E-state index in [0.29, 0.717) is 0 Å². The second kappa shape index (κ2) is 3.05. The Balaban J connectivity index is 3.44. The molecule has 11 heavy (non-hydrogen) atoms. The van der Waals surface area contributed by atoms with E-state index in [-0.39, 0.29) is 16.9 Å². The normalized spacial score (nSPS) is 9.18. The van der Waals surface area contributed by atoms with Crippen LogP contribution >= 0.6 is 0 Å². The fourth-order valence-corrected chi connectivity index (χ4v) is 0.772. The maximum Gasteiger partial charge on any atom is 0.224 e. The van der Waals surface area contributed by atoms with E-state index in [1.54, 1.807) is 12.1 Å². The second-order valence-electron chi connectivity index (χ2n) is 2.00. The van der Waals surface area contributed by atoms with Gasteiger partial charge in [0.25, 0.3) is 0 Å². The van der Waals surface area contributed by atoms with Gasteiger partial charge in [-0.15, -0.1) is 0 Å². The van der Waals surface area contributed by atoms with E-state index in [1.165, 1.54) is 19.2 Å².